The van der Waals surface area contributed by atoms with Crippen molar-refractivity contribution in [1.29, 1.82) is 0 Å². The first-order chi connectivity index (χ1) is 9.61. The summed E-state index contributed by atoms with van der Waals surface area (Å²) in [6.45, 7) is 7.87. The van der Waals surface area contributed by atoms with Gasteiger partial charge in [0.15, 0.2) is 0 Å². The fourth-order valence-corrected chi connectivity index (χ4v) is 2.50. The third-order valence-corrected chi connectivity index (χ3v) is 3.39. The summed E-state index contributed by atoms with van der Waals surface area (Å²) < 4.78 is 6.12. The summed E-state index contributed by atoms with van der Waals surface area (Å²) in [5.41, 5.74) is 3.25. The van der Waals surface area contributed by atoms with Gasteiger partial charge < -0.3 is 10.1 Å². The fraction of sp³-hybridized carbons (Fsp3) is 0.294. The van der Waals surface area contributed by atoms with E-state index in [1.165, 1.54) is 0 Å². The molecule has 0 aliphatic rings. The largest absolute Gasteiger partial charge is 0.456 e. The highest BCUT2D eigenvalue weighted by molar-refractivity contribution is 6.30. The number of nitrogens with one attached hydrogen (secondary N) is 1. The molecule has 2 aromatic carbocycles. The van der Waals surface area contributed by atoms with E-state index in [0.29, 0.717) is 0 Å². The molecule has 0 fully saturated rings. The van der Waals surface area contributed by atoms with Crippen molar-refractivity contribution in [1.82, 2.24) is 5.32 Å². The number of ether oxygens (including phenoxy) is 1. The molecule has 0 spiro atoms. The van der Waals surface area contributed by atoms with Gasteiger partial charge in [0, 0.05) is 17.1 Å². The highest BCUT2D eigenvalue weighted by Gasteiger charge is 2.09. The summed E-state index contributed by atoms with van der Waals surface area (Å²) in [7, 11) is 0. The lowest BCUT2D eigenvalue weighted by molar-refractivity contribution is 0.466. The Kier molecular flexibility index (Phi) is 5.05. The minimum atomic E-state index is 0.744. The molecule has 2 nitrogen and oxygen atoms in total. The molecule has 0 radical (unpaired) electrons. The van der Waals surface area contributed by atoms with E-state index in [4.69, 9.17) is 16.3 Å². The summed E-state index contributed by atoms with van der Waals surface area (Å²) in [6.07, 6.45) is 0. The van der Waals surface area contributed by atoms with Gasteiger partial charge in [-0.1, -0.05) is 36.7 Å². The Bertz CT molecular complexity index is 572. The topological polar surface area (TPSA) is 21.3 Å². The first kappa shape index (κ1) is 14.9. The third-order valence-electron chi connectivity index (χ3n) is 3.18. The average Bonchev–Trinajstić information content (AvgIpc) is 2.41. The second-order valence-electron chi connectivity index (χ2n) is 4.86. The molecule has 0 heterocycles. The summed E-state index contributed by atoms with van der Waals surface area (Å²) in [4.78, 5) is 0. The van der Waals surface area contributed by atoms with Crippen LogP contribution in [0.25, 0.3) is 0 Å². The zero-order chi connectivity index (χ0) is 14.5. The second kappa shape index (κ2) is 6.78. The average molecular weight is 290 g/mol. The minimum Gasteiger partial charge on any atom is -0.456 e. The number of aryl methyl sites for hydroxylation is 2. The van der Waals surface area contributed by atoms with Crippen molar-refractivity contribution in [2.75, 3.05) is 6.54 Å². The molecule has 0 aliphatic carbocycles. The lowest BCUT2D eigenvalue weighted by Gasteiger charge is -2.15. The van der Waals surface area contributed by atoms with Gasteiger partial charge in [0.2, 0.25) is 0 Å². The van der Waals surface area contributed by atoms with E-state index in [1.54, 1.807) is 0 Å². The molecule has 106 valence electrons. The van der Waals surface area contributed by atoms with E-state index in [0.717, 1.165) is 46.3 Å². The maximum atomic E-state index is 6.12. The molecular formula is C17H20ClNO. The lowest BCUT2D eigenvalue weighted by Crippen LogP contribution is -2.12. The number of rotatable bonds is 5. The van der Waals surface area contributed by atoms with Gasteiger partial charge >= 0.3 is 0 Å². The van der Waals surface area contributed by atoms with Gasteiger partial charge in [-0.25, -0.2) is 0 Å². The van der Waals surface area contributed by atoms with Crippen LogP contribution in [0.15, 0.2) is 36.4 Å². The summed E-state index contributed by atoms with van der Waals surface area (Å²) >= 11 is 6.06. The van der Waals surface area contributed by atoms with Gasteiger partial charge in [-0.3, -0.25) is 0 Å². The van der Waals surface area contributed by atoms with Crippen LogP contribution in [0.4, 0.5) is 0 Å². The molecule has 2 rings (SSSR count). The van der Waals surface area contributed by atoms with Crippen LogP contribution in [0.5, 0.6) is 11.5 Å². The molecule has 20 heavy (non-hydrogen) atoms. The predicted octanol–water partition coefficient (Wildman–Crippen LogP) is 4.86. The molecule has 3 heteroatoms. The minimum absolute atomic E-state index is 0.744. The van der Waals surface area contributed by atoms with Crippen molar-refractivity contribution >= 4 is 11.6 Å². The molecule has 0 unspecified atom stereocenters. The zero-order valence-electron chi connectivity index (χ0n) is 12.2. The Morgan fingerprint density at radius 1 is 1.10 bits per heavy atom. The van der Waals surface area contributed by atoms with Crippen molar-refractivity contribution in [2.24, 2.45) is 0 Å². The smallest absolute Gasteiger partial charge is 0.133 e. The standard InChI is InChI=1S/C17H20ClNO/c1-4-19-11-14-7-5-6-8-16(14)20-17-12(2)9-15(18)10-13(17)3/h5-10,19H,4,11H2,1-3H3. The van der Waals surface area contributed by atoms with Gasteiger partial charge in [-0.2, -0.15) is 0 Å². The number of para-hydroxylation sites is 1. The van der Waals surface area contributed by atoms with Gasteiger partial charge in [0.05, 0.1) is 0 Å². The van der Waals surface area contributed by atoms with Crippen molar-refractivity contribution in [3.63, 3.8) is 0 Å². The summed E-state index contributed by atoms with van der Waals surface area (Å²) in [5, 5.41) is 4.07. The number of benzene rings is 2. The SMILES string of the molecule is CCNCc1ccccc1Oc1c(C)cc(Cl)cc1C. The molecule has 0 atom stereocenters. The quantitative estimate of drug-likeness (QED) is 0.849. The Morgan fingerprint density at radius 2 is 1.75 bits per heavy atom. The first-order valence-corrected chi connectivity index (χ1v) is 7.23. The van der Waals surface area contributed by atoms with Crippen LogP contribution in [-0.2, 0) is 6.54 Å². The Hall–Kier alpha value is -1.51. The van der Waals surface area contributed by atoms with Crippen molar-refractivity contribution < 1.29 is 4.74 Å². The first-order valence-electron chi connectivity index (χ1n) is 6.85. The maximum absolute atomic E-state index is 6.12. The van der Waals surface area contributed by atoms with Crippen LogP contribution in [0.1, 0.15) is 23.6 Å². The summed E-state index contributed by atoms with van der Waals surface area (Å²) in [5.74, 6) is 1.78. The van der Waals surface area contributed by atoms with Gasteiger partial charge in [0.1, 0.15) is 11.5 Å². The predicted molar refractivity (Wildman–Crippen MR) is 84.8 cm³/mol. The monoisotopic (exact) mass is 289 g/mol. The molecule has 0 aromatic heterocycles. The van der Waals surface area contributed by atoms with Crippen LogP contribution in [-0.4, -0.2) is 6.54 Å². The molecule has 0 saturated carbocycles. The van der Waals surface area contributed by atoms with Crippen molar-refractivity contribution in [3.05, 3.63) is 58.1 Å². The highest BCUT2D eigenvalue weighted by Crippen LogP contribution is 2.32. The van der Waals surface area contributed by atoms with Crippen molar-refractivity contribution in [2.45, 2.75) is 27.3 Å². The van der Waals surface area contributed by atoms with Crippen LogP contribution in [0.2, 0.25) is 5.02 Å². The third kappa shape index (κ3) is 3.53. The van der Waals surface area contributed by atoms with Gasteiger partial charge in [-0.15, -0.1) is 0 Å². The van der Waals surface area contributed by atoms with Crippen LogP contribution >= 0.6 is 11.6 Å². The van der Waals surface area contributed by atoms with Crippen LogP contribution in [0.3, 0.4) is 0 Å². The Morgan fingerprint density at radius 3 is 2.40 bits per heavy atom. The molecule has 1 N–H and O–H groups in total. The lowest BCUT2D eigenvalue weighted by atomic mass is 10.1. The Balaban J connectivity index is 2.30. The second-order valence-corrected chi connectivity index (χ2v) is 5.30. The fourth-order valence-electron chi connectivity index (χ4n) is 2.18. The van der Waals surface area contributed by atoms with E-state index < -0.39 is 0 Å². The number of halogens is 1. The number of hydrogen-bond acceptors (Lipinski definition) is 2. The highest BCUT2D eigenvalue weighted by atomic mass is 35.5. The normalized spacial score (nSPS) is 10.6. The van der Waals surface area contributed by atoms with Crippen molar-refractivity contribution in [3.8, 4) is 11.5 Å². The number of hydrogen-bond donors (Lipinski definition) is 1. The van der Waals surface area contributed by atoms with Crippen LogP contribution < -0.4 is 10.1 Å². The molecule has 0 bridgehead atoms. The van der Waals surface area contributed by atoms with Gasteiger partial charge in [-0.05, 0) is 49.7 Å². The van der Waals surface area contributed by atoms with E-state index in [1.807, 2.05) is 44.2 Å². The van der Waals surface area contributed by atoms with Crippen LogP contribution in [0, 0.1) is 13.8 Å². The summed E-state index contributed by atoms with van der Waals surface area (Å²) in [6, 6.07) is 12.0. The molecule has 0 amide bonds. The molecule has 0 aliphatic heterocycles. The zero-order valence-corrected chi connectivity index (χ0v) is 12.9. The molecular weight excluding hydrogens is 270 g/mol. The Labute approximate surface area is 125 Å². The molecule has 0 saturated heterocycles. The molecule has 2 aromatic rings. The van der Waals surface area contributed by atoms with E-state index in [2.05, 4.69) is 18.3 Å². The van der Waals surface area contributed by atoms with E-state index >= 15 is 0 Å². The van der Waals surface area contributed by atoms with Gasteiger partial charge in [0.25, 0.3) is 0 Å². The maximum Gasteiger partial charge on any atom is 0.133 e. The van der Waals surface area contributed by atoms with E-state index in [-0.39, 0.29) is 0 Å². The van der Waals surface area contributed by atoms with E-state index in [9.17, 15) is 0 Å².